The summed E-state index contributed by atoms with van der Waals surface area (Å²) in [6.07, 6.45) is 3.88. The largest absolute Gasteiger partial charge is 0.280 e. The molecular weight excluding hydrogens is 206 g/mol. The summed E-state index contributed by atoms with van der Waals surface area (Å²) < 4.78 is 0. The molecule has 0 saturated carbocycles. The minimum atomic E-state index is 0.572. The second-order valence-corrected chi connectivity index (χ2v) is 3.56. The molecule has 78 valence electrons. The summed E-state index contributed by atoms with van der Waals surface area (Å²) in [7, 11) is 0. The Morgan fingerprint density at radius 1 is 1.27 bits per heavy atom. The zero-order valence-electron chi connectivity index (χ0n) is 8.83. The lowest BCUT2D eigenvalue weighted by Gasteiger charge is -1.91. The predicted molar refractivity (Wildman–Crippen MR) is 66.6 cm³/mol. The van der Waals surface area contributed by atoms with Gasteiger partial charge < -0.3 is 0 Å². The maximum atomic E-state index is 5.76. The summed E-state index contributed by atoms with van der Waals surface area (Å²) in [5.74, 6) is 6.04. The van der Waals surface area contributed by atoms with Crippen LogP contribution in [0.5, 0.6) is 0 Å². The number of rotatable bonds is 3. The summed E-state index contributed by atoms with van der Waals surface area (Å²) in [4.78, 5) is 4.20. The average molecular weight is 220 g/mol. The van der Waals surface area contributed by atoms with Crippen LogP contribution in [0.25, 0.3) is 0 Å². The molecule has 2 heteroatoms. The lowest BCUT2D eigenvalue weighted by molar-refractivity contribution is 0.982. The minimum absolute atomic E-state index is 0.572. The third-order valence-corrected chi connectivity index (χ3v) is 2.03. The molecule has 1 aromatic rings. The molecule has 0 aliphatic carbocycles. The molecule has 0 aliphatic heterocycles. The van der Waals surface area contributed by atoms with Crippen molar-refractivity contribution in [2.45, 2.75) is 19.8 Å². The van der Waals surface area contributed by atoms with Gasteiger partial charge in [-0.3, -0.25) is 4.99 Å². The van der Waals surface area contributed by atoms with Crippen LogP contribution in [0.15, 0.2) is 29.3 Å². The Hall–Kier alpha value is -1.26. The first-order valence-electron chi connectivity index (χ1n) is 5.04. The van der Waals surface area contributed by atoms with Gasteiger partial charge in [0.25, 0.3) is 0 Å². The molecule has 0 aliphatic rings. The molecule has 0 amide bonds. The Morgan fingerprint density at radius 2 is 2.00 bits per heavy atom. The van der Waals surface area contributed by atoms with Crippen molar-refractivity contribution in [2.24, 2.45) is 4.99 Å². The van der Waals surface area contributed by atoms with E-state index >= 15 is 0 Å². The van der Waals surface area contributed by atoms with Crippen molar-refractivity contribution >= 4 is 17.8 Å². The van der Waals surface area contributed by atoms with Crippen LogP contribution in [0.4, 0.5) is 0 Å². The van der Waals surface area contributed by atoms with Gasteiger partial charge in [0.05, 0.1) is 6.54 Å². The van der Waals surface area contributed by atoms with Gasteiger partial charge in [0.15, 0.2) is 0 Å². The highest BCUT2D eigenvalue weighted by Crippen LogP contribution is 2.07. The Labute approximate surface area is 96.2 Å². The molecule has 0 heterocycles. The predicted octanol–water partition coefficient (Wildman–Crippen LogP) is 3.56. The number of unbranched alkanes of at least 4 members (excludes halogenated alkanes) is 1. The van der Waals surface area contributed by atoms with E-state index in [0.717, 1.165) is 23.4 Å². The van der Waals surface area contributed by atoms with Crippen molar-refractivity contribution < 1.29 is 0 Å². The molecule has 1 nitrogen and oxygen atoms in total. The fourth-order valence-corrected chi connectivity index (χ4v) is 1.14. The monoisotopic (exact) mass is 219 g/mol. The third kappa shape index (κ3) is 5.24. The van der Waals surface area contributed by atoms with Gasteiger partial charge in [-0.15, -0.1) is 5.92 Å². The highest BCUT2D eigenvalue weighted by Gasteiger charge is 1.86. The van der Waals surface area contributed by atoms with E-state index in [2.05, 4.69) is 23.8 Å². The average Bonchev–Trinajstić information content (AvgIpc) is 2.26. The van der Waals surface area contributed by atoms with E-state index in [1.54, 1.807) is 0 Å². The number of aliphatic imine (C=N–C) groups is 1. The lowest BCUT2D eigenvalue weighted by atomic mass is 10.2. The molecule has 0 unspecified atom stereocenters. The van der Waals surface area contributed by atoms with Crippen molar-refractivity contribution in [2.75, 3.05) is 6.54 Å². The molecule has 0 atom stereocenters. The minimum Gasteiger partial charge on any atom is -0.280 e. The summed E-state index contributed by atoms with van der Waals surface area (Å²) in [5, 5.41) is 0.745. The molecule has 1 rings (SSSR count). The van der Waals surface area contributed by atoms with Crippen LogP contribution < -0.4 is 0 Å². The van der Waals surface area contributed by atoms with E-state index in [0.29, 0.717) is 6.54 Å². The van der Waals surface area contributed by atoms with E-state index in [1.807, 2.05) is 30.5 Å². The maximum Gasteiger partial charge on any atom is 0.0997 e. The van der Waals surface area contributed by atoms with Crippen molar-refractivity contribution in [3.63, 3.8) is 0 Å². The fourth-order valence-electron chi connectivity index (χ4n) is 1.01. The van der Waals surface area contributed by atoms with Crippen molar-refractivity contribution in [3.8, 4) is 11.8 Å². The first-order chi connectivity index (χ1) is 7.33. The van der Waals surface area contributed by atoms with Crippen LogP contribution >= 0.6 is 11.6 Å². The zero-order valence-corrected chi connectivity index (χ0v) is 9.59. The Bertz CT molecular complexity index is 368. The summed E-state index contributed by atoms with van der Waals surface area (Å²) >= 11 is 5.76. The van der Waals surface area contributed by atoms with Crippen LogP contribution in [-0.4, -0.2) is 12.8 Å². The van der Waals surface area contributed by atoms with Crippen molar-refractivity contribution in [1.29, 1.82) is 0 Å². The quantitative estimate of drug-likeness (QED) is 0.545. The molecule has 0 aromatic heterocycles. The van der Waals surface area contributed by atoms with E-state index in [4.69, 9.17) is 11.6 Å². The molecular formula is C13H14ClN. The standard InChI is InChI=1S/C13H14ClN/c1-2-3-4-5-10-15-11-12-6-8-13(14)9-7-12/h6-9,11H,2-3,10H2,1H3/b15-11+. The number of hydrogen-bond donors (Lipinski definition) is 0. The van der Waals surface area contributed by atoms with Crippen LogP contribution in [0.3, 0.4) is 0 Å². The second-order valence-electron chi connectivity index (χ2n) is 3.12. The molecule has 0 N–H and O–H groups in total. The van der Waals surface area contributed by atoms with Gasteiger partial charge in [0.2, 0.25) is 0 Å². The Balaban J connectivity index is 2.39. The Morgan fingerprint density at radius 3 is 2.67 bits per heavy atom. The number of nitrogens with zero attached hydrogens (tertiary/aromatic N) is 1. The van der Waals surface area contributed by atoms with Gasteiger partial charge in [-0.25, -0.2) is 0 Å². The Kier molecular flexibility index (Phi) is 5.58. The molecule has 0 saturated heterocycles. The second kappa shape index (κ2) is 7.09. The van der Waals surface area contributed by atoms with E-state index in [-0.39, 0.29) is 0 Å². The molecule has 0 bridgehead atoms. The summed E-state index contributed by atoms with van der Waals surface area (Å²) in [5.41, 5.74) is 1.05. The van der Waals surface area contributed by atoms with Crippen LogP contribution in [0.1, 0.15) is 25.3 Å². The number of halogens is 1. The van der Waals surface area contributed by atoms with Gasteiger partial charge in [0.1, 0.15) is 0 Å². The molecule has 0 radical (unpaired) electrons. The summed E-state index contributed by atoms with van der Waals surface area (Å²) in [6.45, 7) is 2.69. The first-order valence-corrected chi connectivity index (χ1v) is 5.42. The maximum absolute atomic E-state index is 5.76. The first kappa shape index (κ1) is 11.8. The smallest absolute Gasteiger partial charge is 0.0997 e. The highest BCUT2D eigenvalue weighted by atomic mass is 35.5. The van der Waals surface area contributed by atoms with Gasteiger partial charge in [-0.05, 0) is 24.1 Å². The SMILES string of the molecule is CCCC#CC/N=C/c1ccc(Cl)cc1. The van der Waals surface area contributed by atoms with Gasteiger partial charge in [-0.1, -0.05) is 36.6 Å². The van der Waals surface area contributed by atoms with E-state index < -0.39 is 0 Å². The molecule has 0 fully saturated rings. The molecule has 1 aromatic carbocycles. The lowest BCUT2D eigenvalue weighted by Crippen LogP contribution is -1.81. The number of hydrogen-bond acceptors (Lipinski definition) is 1. The van der Waals surface area contributed by atoms with Crippen LogP contribution in [0.2, 0.25) is 5.02 Å². The number of benzene rings is 1. The molecule has 0 spiro atoms. The van der Waals surface area contributed by atoms with Gasteiger partial charge in [0, 0.05) is 17.7 Å². The topological polar surface area (TPSA) is 12.4 Å². The normalized spacial score (nSPS) is 10.0. The van der Waals surface area contributed by atoms with Crippen LogP contribution in [-0.2, 0) is 0 Å². The van der Waals surface area contributed by atoms with E-state index in [9.17, 15) is 0 Å². The molecule has 15 heavy (non-hydrogen) atoms. The summed E-state index contributed by atoms with van der Waals surface area (Å²) in [6, 6.07) is 7.58. The van der Waals surface area contributed by atoms with E-state index in [1.165, 1.54) is 0 Å². The zero-order chi connectivity index (χ0) is 10.9. The highest BCUT2D eigenvalue weighted by molar-refractivity contribution is 6.30. The third-order valence-electron chi connectivity index (χ3n) is 1.78. The van der Waals surface area contributed by atoms with Crippen LogP contribution in [0, 0.1) is 11.8 Å². The fraction of sp³-hybridized carbons (Fsp3) is 0.308. The van der Waals surface area contributed by atoms with Crippen molar-refractivity contribution in [1.82, 2.24) is 0 Å². The van der Waals surface area contributed by atoms with Gasteiger partial charge >= 0.3 is 0 Å². The van der Waals surface area contributed by atoms with Gasteiger partial charge in [-0.2, -0.15) is 0 Å². The van der Waals surface area contributed by atoms with Crippen molar-refractivity contribution in [3.05, 3.63) is 34.9 Å².